The number of rotatable bonds is 7. The van der Waals surface area contributed by atoms with Crippen molar-refractivity contribution in [2.45, 2.75) is 32.4 Å². The van der Waals surface area contributed by atoms with Crippen LogP contribution < -0.4 is 5.32 Å². The van der Waals surface area contributed by atoms with Crippen LogP contribution in [0.3, 0.4) is 0 Å². The van der Waals surface area contributed by atoms with E-state index in [4.69, 9.17) is 0 Å². The first-order valence-electron chi connectivity index (χ1n) is 8.49. The van der Waals surface area contributed by atoms with Gasteiger partial charge in [0.15, 0.2) is 0 Å². The highest BCUT2D eigenvalue weighted by molar-refractivity contribution is 9.10. The SMILES string of the molecule is C/C=C\C(=C/CC)C(NC(C#N)c1ccccc1Br)c1ccccc1. The Morgan fingerprint density at radius 2 is 1.84 bits per heavy atom. The van der Waals surface area contributed by atoms with E-state index in [1.54, 1.807) is 0 Å². The normalized spacial score (nSPS) is 14.2. The maximum absolute atomic E-state index is 9.77. The summed E-state index contributed by atoms with van der Waals surface area (Å²) >= 11 is 3.56. The van der Waals surface area contributed by atoms with Gasteiger partial charge in [0, 0.05) is 4.47 Å². The zero-order valence-electron chi connectivity index (χ0n) is 14.6. The number of halogens is 1. The largest absolute Gasteiger partial charge is 0.287 e. The molecule has 0 heterocycles. The fraction of sp³-hybridized carbons (Fsp3) is 0.227. The third-order valence-electron chi connectivity index (χ3n) is 3.94. The van der Waals surface area contributed by atoms with Gasteiger partial charge in [-0.1, -0.05) is 89.6 Å². The van der Waals surface area contributed by atoms with Crippen LogP contribution in [-0.4, -0.2) is 0 Å². The molecule has 128 valence electrons. The van der Waals surface area contributed by atoms with Gasteiger partial charge >= 0.3 is 0 Å². The molecule has 0 aliphatic heterocycles. The molecule has 0 aliphatic carbocycles. The quantitative estimate of drug-likeness (QED) is 0.562. The first-order valence-corrected chi connectivity index (χ1v) is 9.28. The van der Waals surface area contributed by atoms with E-state index in [1.807, 2.05) is 55.5 Å². The van der Waals surface area contributed by atoms with Gasteiger partial charge in [0.05, 0.1) is 12.1 Å². The van der Waals surface area contributed by atoms with Crippen molar-refractivity contribution in [3.05, 3.63) is 94.0 Å². The van der Waals surface area contributed by atoms with Crippen molar-refractivity contribution in [2.75, 3.05) is 0 Å². The predicted octanol–water partition coefficient (Wildman–Crippen LogP) is 6.26. The molecule has 3 heteroatoms. The van der Waals surface area contributed by atoms with E-state index < -0.39 is 6.04 Å². The van der Waals surface area contributed by atoms with Crippen molar-refractivity contribution < 1.29 is 0 Å². The standard InChI is InChI=1S/C22H23BrN2/c1-3-10-17(11-4-2)22(18-12-6-5-7-13-18)25-21(16-24)19-14-8-9-15-20(19)23/h3,5-15,21-22,25H,4H2,1-2H3/b10-3-,17-11+. The average Bonchev–Trinajstić information content (AvgIpc) is 2.64. The van der Waals surface area contributed by atoms with E-state index in [-0.39, 0.29) is 6.04 Å². The van der Waals surface area contributed by atoms with Crippen LogP contribution in [0.5, 0.6) is 0 Å². The smallest absolute Gasteiger partial charge is 0.123 e. The molecule has 0 spiro atoms. The summed E-state index contributed by atoms with van der Waals surface area (Å²) in [6.45, 7) is 4.14. The van der Waals surface area contributed by atoms with Crippen LogP contribution in [0.15, 0.2) is 82.9 Å². The summed E-state index contributed by atoms with van der Waals surface area (Å²) in [5.74, 6) is 0. The zero-order chi connectivity index (χ0) is 18.1. The molecule has 2 atom stereocenters. The topological polar surface area (TPSA) is 35.8 Å². The van der Waals surface area contributed by atoms with Crippen LogP contribution in [0.4, 0.5) is 0 Å². The molecule has 0 aliphatic rings. The minimum atomic E-state index is -0.411. The second-order valence-electron chi connectivity index (χ2n) is 5.71. The summed E-state index contributed by atoms with van der Waals surface area (Å²) in [5.41, 5.74) is 3.26. The lowest BCUT2D eigenvalue weighted by Gasteiger charge is -2.25. The summed E-state index contributed by atoms with van der Waals surface area (Å²) in [7, 11) is 0. The van der Waals surface area contributed by atoms with Crippen LogP contribution in [0, 0.1) is 11.3 Å². The van der Waals surface area contributed by atoms with Crippen LogP contribution in [0.25, 0.3) is 0 Å². The number of hydrogen-bond acceptors (Lipinski definition) is 2. The molecular formula is C22H23BrN2. The monoisotopic (exact) mass is 394 g/mol. The minimum absolute atomic E-state index is 0.0471. The molecule has 0 amide bonds. The van der Waals surface area contributed by atoms with Gasteiger partial charge in [-0.25, -0.2) is 0 Å². The lowest BCUT2D eigenvalue weighted by molar-refractivity contribution is 0.556. The van der Waals surface area contributed by atoms with Gasteiger partial charge in [-0.3, -0.25) is 5.32 Å². The second-order valence-corrected chi connectivity index (χ2v) is 6.56. The maximum atomic E-state index is 9.77. The van der Waals surface area contributed by atoms with E-state index in [0.29, 0.717) is 0 Å². The summed E-state index contributed by atoms with van der Waals surface area (Å²) in [5, 5.41) is 13.3. The number of allylic oxidation sites excluding steroid dienone is 2. The Hall–Kier alpha value is -2.15. The molecule has 0 fully saturated rings. The molecule has 2 rings (SSSR count). The van der Waals surface area contributed by atoms with E-state index >= 15 is 0 Å². The van der Waals surface area contributed by atoms with E-state index in [1.165, 1.54) is 5.57 Å². The highest BCUT2D eigenvalue weighted by Crippen LogP contribution is 2.29. The lowest BCUT2D eigenvalue weighted by atomic mass is 9.95. The Morgan fingerprint density at radius 1 is 1.16 bits per heavy atom. The highest BCUT2D eigenvalue weighted by Gasteiger charge is 2.21. The molecule has 0 radical (unpaired) electrons. The third-order valence-corrected chi connectivity index (χ3v) is 4.67. The fourth-order valence-corrected chi connectivity index (χ4v) is 3.33. The molecule has 0 bridgehead atoms. The van der Waals surface area contributed by atoms with Crippen LogP contribution in [-0.2, 0) is 0 Å². The van der Waals surface area contributed by atoms with Crippen LogP contribution in [0.2, 0.25) is 0 Å². The molecule has 0 saturated heterocycles. The Bertz CT molecular complexity index is 772. The average molecular weight is 395 g/mol. The Morgan fingerprint density at radius 3 is 2.44 bits per heavy atom. The maximum Gasteiger partial charge on any atom is 0.123 e. The van der Waals surface area contributed by atoms with Gasteiger partial charge in [-0.2, -0.15) is 5.26 Å². The fourth-order valence-electron chi connectivity index (χ4n) is 2.81. The Labute approximate surface area is 159 Å². The van der Waals surface area contributed by atoms with Crippen molar-refractivity contribution in [3.63, 3.8) is 0 Å². The van der Waals surface area contributed by atoms with Crippen molar-refractivity contribution in [1.29, 1.82) is 5.26 Å². The van der Waals surface area contributed by atoms with Crippen LogP contribution in [0.1, 0.15) is 43.5 Å². The Balaban J connectivity index is 2.44. The van der Waals surface area contributed by atoms with Crippen LogP contribution >= 0.6 is 15.9 Å². The first kappa shape index (κ1) is 19.2. The van der Waals surface area contributed by atoms with Crippen molar-refractivity contribution in [3.8, 4) is 6.07 Å². The van der Waals surface area contributed by atoms with Crippen molar-refractivity contribution >= 4 is 15.9 Å². The molecule has 25 heavy (non-hydrogen) atoms. The summed E-state index contributed by atoms with van der Waals surface area (Å²) in [6.07, 6.45) is 7.30. The molecule has 2 aromatic carbocycles. The summed E-state index contributed by atoms with van der Waals surface area (Å²) in [4.78, 5) is 0. The number of hydrogen-bond donors (Lipinski definition) is 1. The number of nitriles is 1. The van der Waals surface area contributed by atoms with Crippen molar-refractivity contribution in [1.82, 2.24) is 5.32 Å². The number of nitrogens with zero attached hydrogens (tertiary/aromatic N) is 1. The van der Waals surface area contributed by atoms with Crippen molar-refractivity contribution in [2.24, 2.45) is 0 Å². The van der Waals surface area contributed by atoms with Gasteiger partial charge in [-0.15, -0.1) is 0 Å². The van der Waals surface area contributed by atoms with E-state index in [0.717, 1.165) is 22.0 Å². The minimum Gasteiger partial charge on any atom is -0.287 e. The lowest BCUT2D eigenvalue weighted by Crippen LogP contribution is -2.27. The zero-order valence-corrected chi connectivity index (χ0v) is 16.2. The Kier molecular flexibility index (Phi) is 7.66. The number of benzene rings is 2. The van der Waals surface area contributed by atoms with Gasteiger partial charge in [-0.05, 0) is 36.1 Å². The van der Waals surface area contributed by atoms with Gasteiger partial charge in [0.25, 0.3) is 0 Å². The van der Waals surface area contributed by atoms with Gasteiger partial charge in [0.2, 0.25) is 0 Å². The predicted molar refractivity (Wildman–Crippen MR) is 108 cm³/mol. The van der Waals surface area contributed by atoms with Gasteiger partial charge < -0.3 is 0 Å². The molecular weight excluding hydrogens is 372 g/mol. The molecule has 2 aromatic rings. The molecule has 0 saturated carbocycles. The molecule has 0 aromatic heterocycles. The van der Waals surface area contributed by atoms with E-state index in [2.05, 4.69) is 58.5 Å². The highest BCUT2D eigenvalue weighted by atomic mass is 79.9. The first-order chi connectivity index (χ1) is 12.2. The third kappa shape index (κ3) is 5.16. The number of nitrogens with one attached hydrogen (secondary N) is 1. The summed E-state index contributed by atoms with van der Waals surface area (Å²) in [6, 6.07) is 20.1. The van der Waals surface area contributed by atoms with Gasteiger partial charge in [0.1, 0.15) is 6.04 Å². The molecule has 2 nitrogen and oxygen atoms in total. The second kappa shape index (κ2) is 9.98. The summed E-state index contributed by atoms with van der Waals surface area (Å²) < 4.78 is 0.938. The van der Waals surface area contributed by atoms with E-state index in [9.17, 15) is 5.26 Å². The molecule has 2 unspecified atom stereocenters. The molecule has 1 N–H and O–H groups in total.